The third-order valence-corrected chi connectivity index (χ3v) is 11.4. The number of hydrogen-bond donors (Lipinski definition) is 0. The van der Waals surface area contributed by atoms with Crippen molar-refractivity contribution in [3.05, 3.63) is 164 Å². The number of rotatable bonds is 4. The standard InChI is InChI=1S/C47H27N3S/c1-3-13-28(14-4-1)45-48-46(29-15-5-2-6-16-29)50-47(49-45)39-26-23-35(32-19-9-10-20-33(32)39)38-25-24-37-34-21-11-12-22-36(34)41-31-18-8-7-17-30(31)27-40-43(41)42(37)44(38)51-40/h1-27H. The van der Waals surface area contributed by atoms with Crippen molar-refractivity contribution < 1.29 is 0 Å². The lowest BCUT2D eigenvalue weighted by Gasteiger charge is -2.15. The van der Waals surface area contributed by atoms with Gasteiger partial charge in [0.2, 0.25) is 0 Å². The first-order chi connectivity index (χ1) is 25.3. The van der Waals surface area contributed by atoms with Crippen LogP contribution in [0.3, 0.4) is 0 Å². The van der Waals surface area contributed by atoms with Gasteiger partial charge < -0.3 is 0 Å². The summed E-state index contributed by atoms with van der Waals surface area (Å²) in [4.78, 5) is 15.1. The average molecular weight is 666 g/mol. The van der Waals surface area contributed by atoms with E-state index in [0.29, 0.717) is 17.5 Å². The van der Waals surface area contributed by atoms with E-state index in [0.717, 1.165) is 22.1 Å². The van der Waals surface area contributed by atoms with E-state index in [4.69, 9.17) is 15.0 Å². The first-order valence-electron chi connectivity index (χ1n) is 17.2. The number of benzene rings is 9. The van der Waals surface area contributed by atoms with Gasteiger partial charge >= 0.3 is 0 Å². The molecular weight excluding hydrogens is 639 g/mol. The average Bonchev–Trinajstić information content (AvgIpc) is 3.59. The molecule has 0 fully saturated rings. The fourth-order valence-electron chi connectivity index (χ4n) is 8.01. The van der Waals surface area contributed by atoms with Gasteiger partial charge in [0.05, 0.1) is 0 Å². The van der Waals surface area contributed by atoms with E-state index in [2.05, 4.69) is 127 Å². The molecule has 3 nitrogen and oxygen atoms in total. The lowest BCUT2D eigenvalue weighted by molar-refractivity contribution is 1.08. The molecule has 0 aliphatic carbocycles. The highest BCUT2D eigenvalue weighted by Crippen LogP contribution is 2.51. The van der Waals surface area contributed by atoms with E-state index in [1.54, 1.807) is 0 Å². The molecular formula is C47H27N3S. The van der Waals surface area contributed by atoms with E-state index < -0.39 is 0 Å². The maximum absolute atomic E-state index is 5.09. The largest absolute Gasteiger partial charge is 0.208 e. The van der Waals surface area contributed by atoms with Crippen LogP contribution in [0.4, 0.5) is 0 Å². The van der Waals surface area contributed by atoms with Crippen molar-refractivity contribution in [1.29, 1.82) is 0 Å². The molecule has 11 aromatic rings. The molecule has 0 radical (unpaired) electrons. The molecule has 0 saturated carbocycles. The summed E-state index contributed by atoms with van der Waals surface area (Å²) >= 11 is 1.91. The fraction of sp³-hybridized carbons (Fsp3) is 0. The molecule has 0 unspecified atom stereocenters. The second kappa shape index (κ2) is 11.0. The van der Waals surface area contributed by atoms with Crippen molar-refractivity contribution in [1.82, 2.24) is 15.0 Å². The number of thiophene rings is 1. The molecule has 0 saturated heterocycles. The molecule has 0 atom stereocenters. The van der Waals surface area contributed by atoms with Gasteiger partial charge in [0, 0.05) is 42.4 Å². The van der Waals surface area contributed by atoms with E-state index in [-0.39, 0.29) is 0 Å². The molecule has 9 aromatic carbocycles. The Balaban J connectivity index is 1.18. The van der Waals surface area contributed by atoms with Crippen molar-refractivity contribution in [2.45, 2.75) is 0 Å². The summed E-state index contributed by atoms with van der Waals surface area (Å²) in [6, 6.07) is 58.3. The van der Waals surface area contributed by atoms with Crippen LogP contribution in [0.15, 0.2) is 164 Å². The van der Waals surface area contributed by atoms with Gasteiger partial charge in [-0.25, -0.2) is 15.0 Å². The summed E-state index contributed by atoms with van der Waals surface area (Å²) < 4.78 is 2.65. The molecule has 0 aliphatic heterocycles. The predicted molar refractivity (Wildman–Crippen MR) is 216 cm³/mol. The number of aromatic nitrogens is 3. The van der Waals surface area contributed by atoms with Crippen LogP contribution in [0.5, 0.6) is 0 Å². The van der Waals surface area contributed by atoms with Crippen LogP contribution >= 0.6 is 11.3 Å². The Morgan fingerprint density at radius 2 is 0.843 bits per heavy atom. The lowest BCUT2D eigenvalue weighted by Crippen LogP contribution is -2.00. The molecule has 2 aromatic heterocycles. The topological polar surface area (TPSA) is 38.7 Å². The fourth-order valence-corrected chi connectivity index (χ4v) is 9.32. The maximum Gasteiger partial charge on any atom is 0.164 e. The van der Waals surface area contributed by atoms with Crippen molar-refractivity contribution >= 4 is 74.6 Å². The second-order valence-electron chi connectivity index (χ2n) is 13.1. The number of hydrogen-bond acceptors (Lipinski definition) is 4. The van der Waals surface area contributed by atoms with Gasteiger partial charge in [0.1, 0.15) is 0 Å². The third-order valence-electron chi connectivity index (χ3n) is 10.3. The third kappa shape index (κ3) is 4.27. The van der Waals surface area contributed by atoms with E-state index in [1.165, 1.54) is 69.0 Å². The summed E-state index contributed by atoms with van der Waals surface area (Å²) in [6.07, 6.45) is 0. The van der Waals surface area contributed by atoms with Crippen molar-refractivity contribution in [2.75, 3.05) is 0 Å². The maximum atomic E-state index is 5.09. The zero-order valence-electron chi connectivity index (χ0n) is 27.3. The van der Waals surface area contributed by atoms with E-state index in [9.17, 15) is 0 Å². The second-order valence-corrected chi connectivity index (χ2v) is 14.2. The van der Waals surface area contributed by atoms with Crippen LogP contribution in [0.1, 0.15) is 0 Å². The van der Waals surface area contributed by atoms with Crippen molar-refractivity contribution in [3.8, 4) is 45.3 Å². The molecule has 0 aliphatic rings. The number of nitrogens with zero attached hydrogens (tertiary/aromatic N) is 3. The summed E-state index contributed by atoms with van der Waals surface area (Å²) in [5.41, 5.74) is 5.36. The van der Waals surface area contributed by atoms with E-state index >= 15 is 0 Å². The Bertz CT molecular complexity index is 3070. The zero-order chi connectivity index (χ0) is 33.5. The first kappa shape index (κ1) is 28.4. The molecule has 2 heterocycles. The van der Waals surface area contributed by atoms with Gasteiger partial charge in [0.25, 0.3) is 0 Å². The van der Waals surface area contributed by atoms with Crippen LogP contribution in [0, 0.1) is 0 Å². The molecule has 11 rings (SSSR count). The van der Waals surface area contributed by atoms with Crippen LogP contribution in [0.2, 0.25) is 0 Å². The van der Waals surface area contributed by atoms with Crippen LogP contribution in [-0.4, -0.2) is 15.0 Å². The highest BCUT2D eigenvalue weighted by molar-refractivity contribution is 7.26. The number of fused-ring (bicyclic) bond motifs is 6. The summed E-state index contributed by atoms with van der Waals surface area (Å²) in [7, 11) is 0. The Morgan fingerprint density at radius 3 is 1.55 bits per heavy atom. The molecule has 0 amide bonds. The minimum Gasteiger partial charge on any atom is -0.208 e. The van der Waals surface area contributed by atoms with Gasteiger partial charge in [-0.15, -0.1) is 11.3 Å². The molecule has 0 N–H and O–H groups in total. The summed E-state index contributed by atoms with van der Waals surface area (Å²) in [5.74, 6) is 1.98. The van der Waals surface area contributed by atoms with Crippen LogP contribution in [0.25, 0.3) is 109 Å². The summed E-state index contributed by atoms with van der Waals surface area (Å²) in [5, 5.41) is 12.9. The normalized spacial score (nSPS) is 11.9. The van der Waals surface area contributed by atoms with Gasteiger partial charge in [0.15, 0.2) is 17.5 Å². The Morgan fingerprint density at radius 1 is 0.333 bits per heavy atom. The van der Waals surface area contributed by atoms with Gasteiger partial charge in [-0.2, -0.15) is 0 Å². The van der Waals surface area contributed by atoms with Crippen LogP contribution in [-0.2, 0) is 0 Å². The van der Waals surface area contributed by atoms with Gasteiger partial charge in [-0.3, -0.25) is 0 Å². The smallest absolute Gasteiger partial charge is 0.164 e. The monoisotopic (exact) mass is 665 g/mol. The molecule has 4 heteroatoms. The molecule has 0 spiro atoms. The quantitative estimate of drug-likeness (QED) is 0.176. The van der Waals surface area contributed by atoms with Crippen molar-refractivity contribution in [2.24, 2.45) is 0 Å². The van der Waals surface area contributed by atoms with E-state index in [1.807, 2.05) is 47.7 Å². The Kier molecular flexibility index (Phi) is 6.12. The SMILES string of the molecule is c1ccc(-c2nc(-c3ccccc3)nc(-c3ccc(-c4ccc5c6ccccc6c6c7ccccc7cc7sc4c5c76)c4ccccc34)n2)cc1. The highest BCUT2D eigenvalue weighted by atomic mass is 32.1. The van der Waals surface area contributed by atoms with Gasteiger partial charge in [-0.1, -0.05) is 152 Å². The minimum atomic E-state index is 0.660. The predicted octanol–water partition coefficient (Wildman–Crippen LogP) is 13.0. The zero-order valence-corrected chi connectivity index (χ0v) is 28.2. The van der Waals surface area contributed by atoms with Crippen molar-refractivity contribution in [3.63, 3.8) is 0 Å². The molecule has 51 heavy (non-hydrogen) atoms. The molecule has 236 valence electrons. The lowest BCUT2D eigenvalue weighted by atomic mass is 9.88. The first-order valence-corrected chi connectivity index (χ1v) is 18.0. The Hall–Kier alpha value is -6.49. The highest BCUT2D eigenvalue weighted by Gasteiger charge is 2.22. The van der Waals surface area contributed by atoms with Gasteiger partial charge in [-0.05, 0) is 60.8 Å². The Labute approximate surface area is 297 Å². The minimum absolute atomic E-state index is 0.660. The molecule has 0 bridgehead atoms. The van der Waals surface area contributed by atoms with Crippen LogP contribution < -0.4 is 0 Å². The summed E-state index contributed by atoms with van der Waals surface area (Å²) in [6.45, 7) is 0.